The molecule has 1 aromatic heterocycles. The fraction of sp³-hybridized carbons (Fsp3) is 0.600. The van der Waals surface area contributed by atoms with Gasteiger partial charge in [-0.25, -0.2) is 0 Å². The lowest BCUT2D eigenvalue weighted by molar-refractivity contribution is -0.143. The van der Waals surface area contributed by atoms with Gasteiger partial charge in [0.05, 0.1) is 6.42 Å². The molecule has 2 fully saturated rings. The lowest BCUT2D eigenvalue weighted by Gasteiger charge is -2.41. The van der Waals surface area contributed by atoms with Crippen molar-refractivity contribution in [2.24, 2.45) is 0 Å². The van der Waals surface area contributed by atoms with Gasteiger partial charge < -0.3 is 10.0 Å². The van der Waals surface area contributed by atoms with E-state index in [0.717, 1.165) is 32.5 Å². The maximum atomic E-state index is 12.2. The normalized spacial score (nSPS) is 25.2. The summed E-state index contributed by atoms with van der Waals surface area (Å²) in [5.74, 6) is -0.882. The Balaban J connectivity index is 1.59. The van der Waals surface area contributed by atoms with E-state index < -0.39 is 5.97 Å². The van der Waals surface area contributed by atoms with Crippen molar-refractivity contribution in [2.75, 3.05) is 13.1 Å². The average Bonchev–Trinajstić information content (AvgIpc) is 3.03. The van der Waals surface area contributed by atoms with Crippen LogP contribution in [0.4, 0.5) is 0 Å². The minimum atomic E-state index is -0.896. The molecule has 0 saturated carbocycles. The number of piperazine rings is 1. The number of rotatable bonds is 5. The van der Waals surface area contributed by atoms with E-state index in [4.69, 9.17) is 5.11 Å². The number of hydrogen-bond acceptors (Lipinski definition) is 4. The molecule has 2 atom stereocenters. The quantitative estimate of drug-likeness (QED) is 0.901. The van der Waals surface area contributed by atoms with Crippen LogP contribution in [-0.4, -0.2) is 52.0 Å². The number of hydrogen-bond donors (Lipinski definition) is 1. The van der Waals surface area contributed by atoms with E-state index in [9.17, 15) is 9.59 Å². The third-order valence-corrected chi connectivity index (χ3v) is 5.22. The highest BCUT2D eigenvalue weighted by Crippen LogP contribution is 2.32. The first-order valence-electron chi connectivity index (χ1n) is 7.41. The number of likely N-dealkylation sites (tertiary alicyclic amines) is 1. The molecule has 2 unspecified atom stereocenters. The van der Waals surface area contributed by atoms with Gasteiger partial charge in [0.1, 0.15) is 0 Å². The van der Waals surface area contributed by atoms with E-state index in [1.807, 2.05) is 4.90 Å². The second kappa shape index (κ2) is 6.15. The van der Waals surface area contributed by atoms with Crippen LogP contribution in [0.25, 0.3) is 0 Å². The van der Waals surface area contributed by atoms with Crippen LogP contribution in [0.5, 0.6) is 0 Å². The summed E-state index contributed by atoms with van der Waals surface area (Å²) in [6.07, 6.45) is 2.16. The lowest BCUT2D eigenvalue weighted by atomic mass is 10.1. The van der Waals surface area contributed by atoms with Crippen LogP contribution >= 0.6 is 11.3 Å². The number of carbonyl (C=O) groups is 2. The third-order valence-electron chi connectivity index (χ3n) is 4.36. The molecule has 5 nitrogen and oxygen atoms in total. The molecule has 3 heterocycles. The molecule has 0 radical (unpaired) electrons. The zero-order valence-corrected chi connectivity index (χ0v) is 12.7. The lowest BCUT2D eigenvalue weighted by Crippen LogP contribution is -2.55. The largest absolute Gasteiger partial charge is 0.481 e. The highest BCUT2D eigenvalue weighted by molar-refractivity contribution is 7.09. The van der Waals surface area contributed by atoms with Gasteiger partial charge in [-0.2, -0.15) is 0 Å². The molecule has 0 aromatic carbocycles. The van der Waals surface area contributed by atoms with Crippen LogP contribution in [0.3, 0.4) is 0 Å². The fourth-order valence-corrected chi connectivity index (χ4v) is 4.24. The molecule has 1 amide bonds. The molecule has 1 aromatic rings. The molecule has 6 heteroatoms. The standard InChI is InChI=1S/C15H20N2O3S/c18-14(5-6-15(19)20)17-11-3-4-12(17)9-16(8-11)10-13-2-1-7-21-13/h1-2,7,11-12H,3-6,8-10H2,(H,19,20). The van der Waals surface area contributed by atoms with Gasteiger partial charge in [-0.05, 0) is 24.3 Å². The van der Waals surface area contributed by atoms with Crippen LogP contribution in [0.1, 0.15) is 30.6 Å². The van der Waals surface area contributed by atoms with Crippen LogP contribution in [0.15, 0.2) is 17.5 Å². The van der Waals surface area contributed by atoms with Crippen molar-refractivity contribution < 1.29 is 14.7 Å². The first-order valence-corrected chi connectivity index (χ1v) is 8.29. The van der Waals surface area contributed by atoms with Crippen molar-refractivity contribution in [1.82, 2.24) is 9.80 Å². The minimum Gasteiger partial charge on any atom is -0.481 e. The number of amides is 1. The number of nitrogens with zero attached hydrogens (tertiary/aromatic N) is 2. The summed E-state index contributed by atoms with van der Waals surface area (Å²) >= 11 is 1.77. The summed E-state index contributed by atoms with van der Waals surface area (Å²) < 4.78 is 0. The van der Waals surface area contributed by atoms with Crippen LogP contribution in [0, 0.1) is 0 Å². The molecule has 3 rings (SSSR count). The zero-order valence-electron chi connectivity index (χ0n) is 11.9. The first kappa shape index (κ1) is 14.5. The molecule has 2 aliphatic rings. The Bertz CT molecular complexity index is 503. The number of thiophene rings is 1. The van der Waals surface area contributed by atoms with Gasteiger partial charge in [0.2, 0.25) is 5.91 Å². The van der Waals surface area contributed by atoms with Crippen molar-refractivity contribution >= 4 is 23.2 Å². The van der Waals surface area contributed by atoms with Gasteiger partial charge in [0.15, 0.2) is 0 Å². The number of carbonyl (C=O) groups excluding carboxylic acids is 1. The summed E-state index contributed by atoms with van der Waals surface area (Å²) in [7, 11) is 0. The van der Waals surface area contributed by atoms with Gasteiger partial charge >= 0.3 is 5.97 Å². The summed E-state index contributed by atoms with van der Waals surface area (Å²) in [5, 5.41) is 10.8. The number of fused-ring (bicyclic) bond motifs is 2. The number of carboxylic acid groups (broad SMARTS) is 1. The number of aliphatic carboxylic acids is 1. The zero-order chi connectivity index (χ0) is 14.8. The predicted octanol–water partition coefficient (Wildman–Crippen LogP) is 1.79. The van der Waals surface area contributed by atoms with Gasteiger partial charge in [0.25, 0.3) is 0 Å². The van der Waals surface area contributed by atoms with Crippen molar-refractivity contribution in [1.29, 1.82) is 0 Å². The molecule has 0 spiro atoms. The summed E-state index contributed by atoms with van der Waals surface area (Å²) in [4.78, 5) is 28.6. The monoisotopic (exact) mass is 308 g/mol. The van der Waals surface area contributed by atoms with Crippen molar-refractivity contribution in [3.63, 3.8) is 0 Å². The third kappa shape index (κ3) is 3.27. The summed E-state index contributed by atoms with van der Waals surface area (Å²) in [5.41, 5.74) is 0. The molecular formula is C15H20N2O3S. The molecular weight excluding hydrogens is 288 g/mol. The number of carboxylic acids is 1. The van der Waals surface area contributed by atoms with E-state index in [1.54, 1.807) is 11.3 Å². The van der Waals surface area contributed by atoms with E-state index in [-0.39, 0.29) is 30.8 Å². The highest BCUT2D eigenvalue weighted by Gasteiger charge is 2.42. The van der Waals surface area contributed by atoms with Crippen molar-refractivity contribution in [3.05, 3.63) is 22.4 Å². The smallest absolute Gasteiger partial charge is 0.303 e. The molecule has 114 valence electrons. The van der Waals surface area contributed by atoms with E-state index in [1.165, 1.54) is 4.88 Å². The van der Waals surface area contributed by atoms with Crippen LogP contribution < -0.4 is 0 Å². The average molecular weight is 308 g/mol. The molecule has 2 aliphatic heterocycles. The van der Waals surface area contributed by atoms with E-state index >= 15 is 0 Å². The Labute approximate surface area is 128 Å². The van der Waals surface area contributed by atoms with Gasteiger partial charge in [-0.3, -0.25) is 14.5 Å². The minimum absolute atomic E-state index is 0.0145. The molecule has 2 saturated heterocycles. The molecule has 2 bridgehead atoms. The van der Waals surface area contributed by atoms with Crippen molar-refractivity contribution in [2.45, 2.75) is 44.3 Å². The predicted molar refractivity (Wildman–Crippen MR) is 80.1 cm³/mol. The van der Waals surface area contributed by atoms with E-state index in [2.05, 4.69) is 22.4 Å². The Hall–Kier alpha value is -1.40. The Morgan fingerprint density at radius 3 is 2.52 bits per heavy atom. The maximum absolute atomic E-state index is 12.2. The Kier molecular flexibility index (Phi) is 4.26. The van der Waals surface area contributed by atoms with Gasteiger partial charge in [0, 0.05) is 43.0 Å². The fourth-order valence-electron chi connectivity index (χ4n) is 3.49. The van der Waals surface area contributed by atoms with Crippen LogP contribution in [-0.2, 0) is 16.1 Å². The molecule has 21 heavy (non-hydrogen) atoms. The Morgan fingerprint density at radius 1 is 1.24 bits per heavy atom. The van der Waals surface area contributed by atoms with Gasteiger partial charge in [-0.15, -0.1) is 11.3 Å². The second-order valence-electron chi connectivity index (χ2n) is 5.85. The first-order chi connectivity index (χ1) is 10.1. The van der Waals surface area contributed by atoms with Crippen LogP contribution in [0.2, 0.25) is 0 Å². The topological polar surface area (TPSA) is 60.9 Å². The molecule has 0 aliphatic carbocycles. The maximum Gasteiger partial charge on any atom is 0.303 e. The SMILES string of the molecule is O=C(O)CCC(=O)N1C2CCC1CN(Cc1cccs1)C2. The summed E-state index contributed by atoms with van der Waals surface area (Å²) in [6.45, 7) is 2.78. The molecule has 1 N–H and O–H groups in total. The Morgan fingerprint density at radius 2 is 1.95 bits per heavy atom. The van der Waals surface area contributed by atoms with E-state index in [0.29, 0.717) is 0 Å². The highest BCUT2D eigenvalue weighted by atomic mass is 32.1. The summed E-state index contributed by atoms with van der Waals surface area (Å²) in [6, 6.07) is 4.76. The second-order valence-corrected chi connectivity index (χ2v) is 6.89. The van der Waals surface area contributed by atoms with Gasteiger partial charge in [-0.1, -0.05) is 6.07 Å². The van der Waals surface area contributed by atoms with Crippen molar-refractivity contribution in [3.8, 4) is 0 Å².